The van der Waals surface area contributed by atoms with Gasteiger partial charge in [0.25, 0.3) is 0 Å². The van der Waals surface area contributed by atoms with E-state index in [4.69, 9.17) is 9.84 Å². The number of carbonyl (C=O) groups is 2. The second kappa shape index (κ2) is 7.81. The summed E-state index contributed by atoms with van der Waals surface area (Å²) < 4.78 is 5.53. The lowest BCUT2D eigenvalue weighted by atomic mass is 9.88. The monoisotopic (exact) mass is 314 g/mol. The molecule has 2 N–H and O–H groups in total. The van der Waals surface area contributed by atoms with Crippen molar-refractivity contribution in [3.8, 4) is 0 Å². The third kappa shape index (κ3) is 5.83. The first-order valence-electron chi connectivity index (χ1n) is 8.08. The Kier molecular flexibility index (Phi) is 6.66. The van der Waals surface area contributed by atoms with E-state index in [2.05, 4.69) is 5.32 Å². The predicted octanol–water partition coefficient (Wildman–Crippen LogP) is 2.62. The van der Waals surface area contributed by atoms with E-state index in [0.29, 0.717) is 0 Å². The van der Waals surface area contributed by atoms with Gasteiger partial charge in [-0.25, -0.2) is 4.79 Å². The number of carboxylic acids is 1. The van der Waals surface area contributed by atoms with Crippen molar-refractivity contribution in [1.82, 2.24) is 10.2 Å². The highest BCUT2D eigenvalue weighted by Crippen LogP contribution is 2.26. The van der Waals surface area contributed by atoms with Crippen LogP contribution in [0.15, 0.2) is 0 Å². The minimum Gasteiger partial charge on any atom is -0.480 e. The largest absolute Gasteiger partial charge is 0.480 e. The van der Waals surface area contributed by atoms with Crippen LogP contribution in [0.1, 0.15) is 60.3 Å². The van der Waals surface area contributed by atoms with Crippen LogP contribution in [-0.4, -0.2) is 52.3 Å². The van der Waals surface area contributed by atoms with Crippen LogP contribution < -0.4 is 5.32 Å². The maximum atomic E-state index is 12.5. The Labute approximate surface area is 133 Å². The quantitative estimate of drug-likeness (QED) is 0.815. The number of rotatable bonds is 5. The van der Waals surface area contributed by atoms with E-state index in [1.165, 1.54) is 0 Å². The Bertz CT molecular complexity index is 390. The first-order valence-corrected chi connectivity index (χ1v) is 8.08. The number of ether oxygens (including phenoxy) is 1. The van der Waals surface area contributed by atoms with Gasteiger partial charge in [-0.1, -0.05) is 12.8 Å². The van der Waals surface area contributed by atoms with Crippen molar-refractivity contribution in [3.05, 3.63) is 0 Å². The van der Waals surface area contributed by atoms with E-state index in [-0.39, 0.29) is 30.8 Å². The van der Waals surface area contributed by atoms with Crippen molar-refractivity contribution >= 4 is 12.1 Å². The van der Waals surface area contributed by atoms with Crippen LogP contribution in [0.5, 0.6) is 0 Å². The molecule has 1 rings (SSSR count). The fourth-order valence-electron chi connectivity index (χ4n) is 2.94. The third-order valence-electron chi connectivity index (χ3n) is 3.76. The maximum absolute atomic E-state index is 12.5. The van der Waals surface area contributed by atoms with E-state index >= 15 is 0 Å². The lowest BCUT2D eigenvalue weighted by Crippen LogP contribution is -2.57. The van der Waals surface area contributed by atoms with Crippen molar-refractivity contribution in [1.29, 1.82) is 0 Å². The second-order valence-electron chi connectivity index (χ2n) is 7.21. The summed E-state index contributed by atoms with van der Waals surface area (Å²) in [5.74, 6) is -0.877. The summed E-state index contributed by atoms with van der Waals surface area (Å²) in [6.07, 6.45) is 3.52. The predicted molar refractivity (Wildman–Crippen MR) is 84.9 cm³/mol. The molecular weight excluding hydrogens is 284 g/mol. The Balaban J connectivity index is 2.85. The summed E-state index contributed by atoms with van der Waals surface area (Å²) in [5, 5.41) is 11.9. The van der Waals surface area contributed by atoms with E-state index in [1.54, 1.807) is 4.90 Å². The highest BCUT2D eigenvalue weighted by molar-refractivity contribution is 5.70. The second-order valence-corrected chi connectivity index (χ2v) is 7.21. The van der Waals surface area contributed by atoms with E-state index in [9.17, 15) is 9.59 Å². The lowest BCUT2D eigenvalue weighted by Gasteiger charge is -2.42. The molecule has 22 heavy (non-hydrogen) atoms. The van der Waals surface area contributed by atoms with Crippen LogP contribution in [-0.2, 0) is 9.53 Å². The van der Waals surface area contributed by atoms with Gasteiger partial charge < -0.3 is 20.1 Å². The number of carboxylic acid groups (broad SMARTS) is 1. The number of aliphatic carboxylic acids is 1. The number of nitrogens with one attached hydrogen (secondary N) is 1. The average molecular weight is 314 g/mol. The molecule has 128 valence electrons. The smallest absolute Gasteiger partial charge is 0.410 e. The normalized spacial score (nSPS) is 22.5. The lowest BCUT2D eigenvalue weighted by molar-refractivity contribution is -0.136. The molecule has 0 saturated heterocycles. The molecule has 0 spiro atoms. The van der Waals surface area contributed by atoms with Gasteiger partial charge in [0.15, 0.2) is 0 Å². The van der Waals surface area contributed by atoms with Crippen LogP contribution >= 0.6 is 0 Å². The Morgan fingerprint density at radius 1 is 1.27 bits per heavy atom. The van der Waals surface area contributed by atoms with Gasteiger partial charge in [-0.2, -0.15) is 0 Å². The summed E-state index contributed by atoms with van der Waals surface area (Å²) >= 11 is 0. The fourth-order valence-corrected chi connectivity index (χ4v) is 2.94. The highest BCUT2D eigenvalue weighted by Gasteiger charge is 2.36. The standard InChI is InChI=1S/C16H30N2O4/c1-11(2)18(15(21)22-16(3,4)5)13-9-7-6-8-12(13)17-10-14(19)20/h11-13,17H,6-10H2,1-5H3,(H,19,20)/t12-,13-/m1/s1. The summed E-state index contributed by atoms with van der Waals surface area (Å²) in [4.78, 5) is 25.1. The molecule has 1 amide bonds. The summed E-state index contributed by atoms with van der Waals surface area (Å²) in [6.45, 7) is 9.40. The SMILES string of the molecule is CC(C)N(C(=O)OC(C)(C)C)[C@@H]1CCCC[C@H]1NCC(=O)O. The van der Waals surface area contributed by atoms with Crippen LogP contribution in [0.3, 0.4) is 0 Å². The molecule has 0 radical (unpaired) electrons. The topological polar surface area (TPSA) is 78.9 Å². The van der Waals surface area contributed by atoms with Gasteiger partial charge in [-0.15, -0.1) is 0 Å². The number of amides is 1. The van der Waals surface area contributed by atoms with Crippen LogP contribution in [0.25, 0.3) is 0 Å². The van der Waals surface area contributed by atoms with Crippen molar-refractivity contribution < 1.29 is 19.4 Å². The molecule has 0 aliphatic heterocycles. The Morgan fingerprint density at radius 2 is 1.86 bits per heavy atom. The van der Waals surface area contributed by atoms with E-state index in [0.717, 1.165) is 25.7 Å². The van der Waals surface area contributed by atoms with Gasteiger partial charge in [0, 0.05) is 12.1 Å². The zero-order valence-corrected chi connectivity index (χ0v) is 14.4. The Hall–Kier alpha value is -1.30. The molecule has 6 nitrogen and oxygen atoms in total. The number of hydrogen-bond acceptors (Lipinski definition) is 4. The zero-order valence-electron chi connectivity index (χ0n) is 14.4. The molecule has 0 aromatic carbocycles. The van der Waals surface area contributed by atoms with Crippen molar-refractivity contribution in [3.63, 3.8) is 0 Å². The van der Waals surface area contributed by atoms with Crippen molar-refractivity contribution in [2.45, 2.75) is 84.0 Å². The van der Waals surface area contributed by atoms with Crippen LogP contribution in [0.4, 0.5) is 4.79 Å². The molecule has 0 bridgehead atoms. The van der Waals surface area contributed by atoms with Gasteiger partial charge in [-0.3, -0.25) is 4.79 Å². The molecule has 0 aromatic rings. The molecule has 0 unspecified atom stereocenters. The van der Waals surface area contributed by atoms with Gasteiger partial charge >= 0.3 is 12.1 Å². The number of hydrogen-bond donors (Lipinski definition) is 2. The summed E-state index contributed by atoms with van der Waals surface area (Å²) in [5.41, 5.74) is -0.539. The molecular formula is C16H30N2O4. The Morgan fingerprint density at radius 3 is 2.36 bits per heavy atom. The van der Waals surface area contributed by atoms with Crippen molar-refractivity contribution in [2.75, 3.05) is 6.54 Å². The third-order valence-corrected chi connectivity index (χ3v) is 3.76. The maximum Gasteiger partial charge on any atom is 0.410 e. The van der Waals surface area contributed by atoms with Gasteiger partial charge in [0.05, 0.1) is 12.6 Å². The number of nitrogens with zero attached hydrogens (tertiary/aromatic N) is 1. The molecule has 1 aliphatic rings. The molecule has 6 heteroatoms. The van der Waals surface area contributed by atoms with E-state index in [1.807, 2.05) is 34.6 Å². The average Bonchev–Trinajstić information content (AvgIpc) is 2.35. The number of carbonyl (C=O) groups excluding carboxylic acids is 1. The zero-order chi connectivity index (χ0) is 16.9. The summed E-state index contributed by atoms with van der Waals surface area (Å²) in [7, 11) is 0. The molecule has 1 aliphatic carbocycles. The first kappa shape index (κ1) is 18.7. The first-order chi connectivity index (χ1) is 10.1. The van der Waals surface area contributed by atoms with Crippen molar-refractivity contribution in [2.24, 2.45) is 0 Å². The minimum absolute atomic E-state index is 0.000214. The molecule has 0 heterocycles. The van der Waals surface area contributed by atoms with Gasteiger partial charge in [0.2, 0.25) is 0 Å². The van der Waals surface area contributed by atoms with Crippen LogP contribution in [0, 0.1) is 0 Å². The molecule has 1 fully saturated rings. The molecule has 0 aromatic heterocycles. The summed E-state index contributed by atoms with van der Waals surface area (Å²) in [6, 6.07) is -0.0187. The van der Waals surface area contributed by atoms with Gasteiger partial charge in [0.1, 0.15) is 5.60 Å². The van der Waals surface area contributed by atoms with E-state index < -0.39 is 11.6 Å². The van der Waals surface area contributed by atoms with Crippen LogP contribution in [0.2, 0.25) is 0 Å². The fraction of sp³-hybridized carbons (Fsp3) is 0.875. The highest BCUT2D eigenvalue weighted by atomic mass is 16.6. The van der Waals surface area contributed by atoms with Gasteiger partial charge in [-0.05, 0) is 47.5 Å². The minimum atomic E-state index is -0.877. The molecule has 2 atom stereocenters. The molecule has 1 saturated carbocycles.